The summed E-state index contributed by atoms with van der Waals surface area (Å²) in [5, 5.41) is 24.5. The third kappa shape index (κ3) is 7.51. The van der Waals surface area contributed by atoms with Gasteiger partial charge < -0.3 is 38.6 Å². The summed E-state index contributed by atoms with van der Waals surface area (Å²) in [4.78, 5) is 37.7. The minimum absolute atomic E-state index is 0.244. The summed E-state index contributed by atoms with van der Waals surface area (Å²) in [5.74, 6) is -0.297. The SMILES string of the molecule is Cc1nc2c(C(=O)O)cc(N3CCOCC3)cc2n1Cc1cccc2ccccc12.Cc1nc2c(C(=O)O)cc(N3CCOCC3)cc2n1Cc1cccc2ccccc12. The van der Waals surface area contributed by atoms with Crippen molar-refractivity contribution in [2.45, 2.75) is 26.9 Å². The normalized spacial score (nSPS) is 14.5. The predicted molar refractivity (Wildman–Crippen MR) is 235 cm³/mol. The van der Waals surface area contributed by atoms with Gasteiger partial charge in [0.05, 0.1) is 48.6 Å². The highest BCUT2D eigenvalue weighted by Crippen LogP contribution is 2.32. The molecule has 12 nitrogen and oxygen atoms in total. The van der Waals surface area contributed by atoms with Gasteiger partial charge >= 0.3 is 11.9 Å². The van der Waals surface area contributed by atoms with Crippen LogP contribution in [0.2, 0.25) is 0 Å². The van der Waals surface area contributed by atoms with E-state index >= 15 is 0 Å². The van der Waals surface area contributed by atoms with E-state index in [4.69, 9.17) is 9.47 Å². The van der Waals surface area contributed by atoms with E-state index < -0.39 is 11.9 Å². The fourth-order valence-corrected chi connectivity index (χ4v) is 8.58. The average molecular weight is 803 g/mol. The van der Waals surface area contributed by atoms with Crippen molar-refractivity contribution in [1.29, 1.82) is 0 Å². The molecule has 2 N–H and O–H groups in total. The van der Waals surface area contributed by atoms with Gasteiger partial charge in [0.25, 0.3) is 0 Å². The molecule has 2 fully saturated rings. The fraction of sp³-hybridized carbons (Fsp3) is 0.250. The number of aromatic nitrogens is 4. The molecule has 0 unspecified atom stereocenters. The maximum absolute atomic E-state index is 12.0. The molecule has 2 aliphatic heterocycles. The molecule has 6 aromatic carbocycles. The van der Waals surface area contributed by atoms with E-state index in [0.29, 0.717) is 50.6 Å². The molecule has 0 spiro atoms. The molecule has 0 atom stereocenters. The number of hydrogen-bond donors (Lipinski definition) is 2. The van der Waals surface area contributed by atoms with E-state index in [2.05, 4.69) is 102 Å². The quantitative estimate of drug-likeness (QED) is 0.155. The summed E-state index contributed by atoms with van der Waals surface area (Å²) in [5.41, 5.74) is 7.44. The number of hydrogen-bond acceptors (Lipinski definition) is 8. The molecule has 304 valence electrons. The van der Waals surface area contributed by atoms with Crippen molar-refractivity contribution >= 4 is 66.9 Å². The highest BCUT2D eigenvalue weighted by molar-refractivity contribution is 6.04. The monoisotopic (exact) mass is 802 g/mol. The van der Waals surface area contributed by atoms with Crippen molar-refractivity contribution in [3.63, 3.8) is 0 Å². The van der Waals surface area contributed by atoms with Gasteiger partial charge in [-0.05, 0) is 70.8 Å². The molecule has 0 bridgehead atoms. The van der Waals surface area contributed by atoms with Gasteiger partial charge in [-0.3, -0.25) is 0 Å². The Morgan fingerprint density at radius 1 is 0.550 bits per heavy atom. The van der Waals surface area contributed by atoms with Gasteiger partial charge in [-0.15, -0.1) is 0 Å². The second kappa shape index (κ2) is 16.5. The Morgan fingerprint density at radius 3 is 1.33 bits per heavy atom. The van der Waals surface area contributed by atoms with Crippen LogP contribution in [0, 0.1) is 13.8 Å². The Hall–Kier alpha value is -6.76. The van der Waals surface area contributed by atoms with Gasteiger partial charge in [0, 0.05) is 50.6 Å². The fourth-order valence-electron chi connectivity index (χ4n) is 8.58. The second-order valence-electron chi connectivity index (χ2n) is 15.3. The largest absolute Gasteiger partial charge is 0.478 e. The van der Waals surface area contributed by atoms with Crippen LogP contribution >= 0.6 is 0 Å². The van der Waals surface area contributed by atoms with Gasteiger partial charge in [0.1, 0.15) is 22.7 Å². The summed E-state index contributed by atoms with van der Waals surface area (Å²) in [6, 6.07) is 36.8. The summed E-state index contributed by atoms with van der Waals surface area (Å²) in [7, 11) is 0. The van der Waals surface area contributed by atoms with Gasteiger partial charge in [0.15, 0.2) is 0 Å². The number of nitrogens with zero attached hydrogens (tertiary/aromatic N) is 6. The van der Waals surface area contributed by atoms with Crippen molar-refractivity contribution in [2.75, 3.05) is 62.4 Å². The number of imidazole rings is 2. The van der Waals surface area contributed by atoms with Gasteiger partial charge in [0.2, 0.25) is 0 Å². The van der Waals surface area contributed by atoms with E-state index in [-0.39, 0.29) is 11.1 Å². The first-order chi connectivity index (χ1) is 29.2. The second-order valence-corrected chi connectivity index (χ2v) is 15.3. The number of aryl methyl sites for hydroxylation is 2. The van der Waals surface area contributed by atoms with Gasteiger partial charge in [-0.25, -0.2) is 19.6 Å². The lowest BCUT2D eigenvalue weighted by molar-refractivity contribution is 0.0688. The first kappa shape index (κ1) is 38.7. The number of carboxylic acids is 2. The predicted octanol–water partition coefficient (Wildman–Crippen LogP) is 8.16. The molecule has 60 heavy (non-hydrogen) atoms. The number of benzene rings is 6. The van der Waals surface area contributed by atoms with Crippen LogP contribution in [-0.4, -0.2) is 93.9 Å². The number of carbonyl (C=O) groups is 2. The number of anilines is 2. The Morgan fingerprint density at radius 2 is 0.933 bits per heavy atom. The maximum atomic E-state index is 12.0. The van der Waals surface area contributed by atoms with Crippen LogP contribution in [-0.2, 0) is 22.6 Å². The minimum Gasteiger partial charge on any atom is -0.478 e. The minimum atomic E-state index is -0.954. The lowest BCUT2D eigenvalue weighted by atomic mass is 10.0. The molecule has 8 aromatic rings. The molecule has 2 aromatic heterocycles. The zero-order chi connectivity index (χ0) is 41.3. The number of ether oxygens (including phenoxy) is 2. The smallest absolute Gasteiger partial charge is 0.338 e. The van der Waals surface area contributed by atoms with Crippen molar-refractivity contribution in [3.05, 3.63) is 143 Å². The van der Waals surface area contributed by atoms with E-state index in [9.17, 15) is 19.8 Å². The number of rotatable bonds is 8. The molecular formula is C48H46N6O6. The first-order valence-corrected chi connectivity index (χ1v) is 20.3. The Kier molecular flexibility index (Phi) is 10.6. The van der Waals surface area contributed by atoms with Crippen LogP contribution in [0.3, 0.4) is 0 Å². The number of fused-ring (bicyclic) bond motifs is 4. The molecule has 0 amide bonds. The zero-order valence-corrected chi connectivity index (χ0v) is 33.7. The van der Waals surface area contributed by atoms with Crippen LogP contribution in [0.1, 0.15) is 43.5 Å². The number of carboxylic acid groups (broad SMARTS) is 2. The molecule has 2 saturated heterocycles. The molecule has 0 saturated carbocycles. The summed E-state index contributed by atoms with van der Waals surface area (Å²) in [6.07, 6.45) is 0. The van der Waals surface area contributed by atoms with E-state index in [1.54, 1.807) is 12.1 Å². The standard InChI is InChI=1S/2C24H23N3O3/c2*1-16-25-23-21(24(28)29)13-19(26-9-11-30-12-10-26)14-22(23)27(16)15-18-7-4-6-17-5-2-3-8-20(17)18/h2*2-8,13-14H,9-12,15H2,1H3,(H,28,29). The Bertz CT molecular complexity index is 2700. The van der Waals surface area contributed by atoms with Crippen LogP contribution in [0.25, 0.3) is 43.6 Å². The van der Waals surface area contributed by atoms with Gasteiger partial charge in [-0.1, -0.05) is 84.9 Å². The highest BCUT2D eigenvalue weighted by atomic mass is 16.5. The van der Waals surface area contributed by atoms with E-state index in [0.717, 1.165) is 60.2 Å². The Balaban J connectivity index is 0.000000154. The van der Waals surface area contributed by atoms with Crippen LogP contribution < -0.4 is 9.80 Å². The average Bonchev–Trinajstić information content (AvgIpc) is 3.77. The van der Waals surface area contributed by atoms with Crippen LogP contribution in [0.4, 0.5) is 11.4 Å². The van der Waals surface area contributed by atoms with Gasteiger partial charge in [-0.2, -0.15) is 0 Å². The highest BCUT2D eigenvalue weighted by Gasteiger charge is 2.23. The summed E-state index contributed by atoms with van der Waals surface area (Å²) >= 11 is 0. The zero-order valence-electron chi connectivity index (χ0n) is 33.7. The summed E-state index contributed by atoms with van der Waals surface area (Å²) < 4.78 is 15.2. The first-order valence-electron chi connectivity index (χ1n) is 20.3. The van der Waals surface area contributed by atoms with Crippen molar-refractivity contribution < 1.29 is 29.3 Å². The van der Waals surface area contributed by atoms with Crippen LogP contribution in [0.15, 0.2) is 109 Å². The third-order valence-electron chi connectivity index (χ3n) is 11.7. The lowest BCUT2D eigenvalue weighted by Crippen LogP contribution is -2.36. The summed E-state index contributed by atoms with van der Waals surface area (Å²) in [6.45, 7) is 10.7. The number of aromatic carboxylic acids is 2. The van der Waals surface area contributed by atoms with Crippen molar-refractivity contribution in [1.82, 2.24) is 19.1 Å². The van der Waals surface area contributed by atoms with Crippen molar-refractivity contribution in [3.8, 4) is 0 Å². The molecular weight excluding hydrogens is 757 g/mol. The van der Waals surface area contributed by atoms with Crippen molar-refractivity contribution in [2.24, 2.45) is 0 Å². The third-order valence-corrected chi connectivity index (χ3v) is 11.7. The number of morpholine rings is 2. The molecule has 2 aliphatic rings. The molecule has 0 aliphatic carbocycles. The lowest BCUT2D eigenvalue weighted by Gasteiger charge is -2.29. The topological polar surface area (TPSA) is 135 Å². The maximum Gasteiger partial charge on any atom is 0.338 e. The molecule has 4 heterocycles. The molecule has 12 heteroatoms. The van der Waals surface area contributed by atoms with E-state index in [1.807, 2.05) is 38.1 Å². The Labute approximate surface area is 346 Å². The van der Waals surface area contributed by atoms with E-state index in [1.165, 1.54) is 32.7 Å². The molecule has 10 rings (SSSR count). The van der Waals surface area contributed by atoms with Crippen LogP contribution in [0.5, 0.6) is 0 Å². The molecule has 0 radical (unpaired) electrons.